The quantitative estimate of drug-likeness (QED) is 0.775. The van der Waals surface area contributed by atoms with Gasteiger partial charge in [-0.05, 0) is 43.5 Å². The van der Waals surface area contributed by atoms with Crippen molar-refractivity contribution in [2.45, 2.75) is 25.8 Å². The van der Waals surface area contributed by atoms with Gasteiger partial charge in [0.05, 0.1) is 5.56 Å². The second-order valence-corrected chi connectivity index (χ2v) is 5.02. The van der Waals surface area contributed by atoms with Gasteiger partial charge in [0.1, 0.15) is 6.04 Å². The topological polar surface area (TPSA) is 113 Å². The number of carbonyl (C=O) groups excluding carboxylic acids is 2. The van der Waals surface area contributed by atoms with Gasteiger partial charge < -0.3 is 21.1 Å². The lowest BCUT2D eigenvalue weighted by atomic mass is 10.1. The fourth-order valence-corrected chi connectivity index (χ4v) is 2.48. The molecule has 1 aromatic rings. The molecular formula is C14H17N3O4. The SMILES string of the molecule is Cc1cc(NC(=O)N2CCCC2C(N)=O)ccc1C(=O)O. The van der Waals surface area contributed by atoms with Crippen LogP contribution in [0.15, 0.2) is 18.2 Å². The lowest BCUT2D eigenvalue weighted by Gasteiger charge is -2.22. The summed E-state index contributed by atoms with van der Waals surface area (Å²) in [4.78, 5) is 35.8. The Bertz CT molecular complexity index is 600. The fraction of sp³-hybridized carbons (Fsp3) is 0.357. The van der Waals surface area contributed by atoms with E-state index < -0.39 is 23.9 Å². The number of rotatable bonds is 3. The Balaban J connectivity index is 2.11. The summed E-state index contributed by atoms with van der Waals surface area (Å²) in [5.41, 5.74) is 6.49. The van der Waals surface area contributed by atoms with Crippen molar-refractivity contribution in [3.05, 3.63) is 29.3 Å². The zero-order chi connectivity index (χ0) is 15.6. The van der Waals surface area contributed by atoms with Gasteiger partial charge in [-0.15, -0.1) is 0 Å². The number of hydrogen-bond donors (Lipinski definition) is 3. The molecule has 1 saturated heterocycles. The molecule has 4 N–H and O–H groups in total. The Morgan fingerprint density at radius 1 is 1.38 bits per heavy atom. The van der Waals surface area contributed by atoms with E-state index in [-0.39, 0.29) is 5.56 Å². The van der Waals surface area contributed by atoms with Crippen LogP contribution in [0.5, 0.6) is 0 Å². The minimum absolute atomic E-state index is 0.184. The predicted octanol–water partition coefficient (Wildman–Crippen LogP) is 1.17. The number of benzene rings is 1. The molecule has 0 spiro atoms. The second-order valence-electron chi connectivity index (χ2n) is 5.02. The van der Waals surface area contributed by atoms with E-state index in [9.17, 15) is 14.4 Å². The molecule has 3 amide bonds. The van der Waals surface area contributed by atoms with E-state index >= 15 is 0 Å². The van der Waals surface area contributed by atoms with Crippen LogP contribution in [0.25, 0.3) is 0 Å². The van der Waals surface area contributed by atoms with Gasteiger partial charge >= 0.3 is 12.0 Å². The van der Waals surface area contributed by atoms with Crippen molar-refractivity contribution in [1.29, 1.82) is 0 Å². The van der Waals surface area contributed by atoms with Crippen LogP contribution in [0.2, 0.25) is 0 Å². The fourth-order valence-electron chi connectivity index (χ4n) is 2.48. The average molecular weight is 291 g/mol. The number of hydrogen-bond acceptors (Lipinski definition) is 3. The van der Waals surface area contributed by atoms with E-state index in [2.05, 4.69) is 5.32 Å². The number of carbonyl (C=O) groups is 3. The van der Waals surface area contributed by atoms with Crippen LogP contribution in [0.1, 0.15) is 28.8 Å². The van der Waals surface area contributed by atoms with Crippen LogP contribution in [-0.4, -0.2) is 40.5 Å². The van der Waals surface area contributed by atoms with Gasteiger partial charge in [0.15, 0.2) is 0 Å². The lowest BCUT2D eigenvalue weighted by Crippen LogP contribution is -2.45. The molecule has 0 aliphatic carbocycles. The van der Waals surface area contributed by atoms with Gasteiger partial charge in [-0.3, -0.25) is 4.79 Å². The number of urea groups is 1. The molecule has 1 aliphatic rings. The van der Waals surface area contributed by atoms with Crippen LogP contribution in [0.4, 0.5) is 10.5 Å². The highest BCUT2D eigenvalue weighted by Gasteiger charge is 2.32. The summed E-state index contributed by atoms with van der Waals surface area (Å²) in [6.07, 6.45) is 1.30. The van der Waals surface area contributed by atoms with Crippen LogP contribution in [-0.2, 0) is 4.79 Å². The molecular weight excluding hydrogens is 274 g/mol. The number of aryl methyl sites for hydroxylation is 1. The molecule has 1 fully saturated rings. The number of primary amides is 1. The number of nitrogens with two attached hydrogens (primary N) is 1. The molecule has 1 atom stereocenters. The maximum atomic E-state index is 12.2. The first kappa shape index (κ1) is 14.8. The molecule has 1 unspecified atom stereocenters. The smallest absolute Gasteiger partial charge is 0.335 e. The van der Waals surface area contributed by atoms with Gasteiger partial charge in [-0.25, -0.2) is 9.59 Å². The summed E-state index contributed by atoms with van der Waals surface area (Å²) in [6.45, 7) is 2.13. The maximum absolute atomic E-state index is 12.2. The van der Waals surface area contributed by atoms with Crippen LogP contribution >= 0.6 is 0 Å². The molecule has 0 radical (unpaired) electrons. The van der Waals surface area contributed by atoms with E-state index in [4.69, 9.17) is 10.8 Å². The number of nitrogens with zero attached hydrogens (tertiary/aromatic N) is 1. The second kappa shape index (κ2) is 5.82. The molecule has 21 heavy (non-hydrogen) atoms. The van der Waals surface area contributed by atoms with E-state index in [0.717, 1.165) is 6.42 Å². The third-order valence-corrected chi connectivity index (χ3v) is 3.55. The molecule has 112 valence electrons. The largest absolute Gasteiger partial charge is 0.478 e. The zero-order valence-corrected chi connectivity index (χ0v) is 11.6. The van der Waals surface area contributed by atoms with Gasteiger partial charge in [-0.1, -0.05) is 0 Å². The van der Waals surface area contributed by atoms with Gasteiger partial charge in [0.25, 0.3) is 0 Å². The number of anilines is 1. The Morgan fingerprint density at radius 2 is 2.10 bits per heavy atom. The van der Waals surface area contributed by atoms with Gasteiger partial charge in [0.2, 0.25) is 5.91 Å². The van der Waals surface area contributed by atoms with Crippen molar-refractivity contribution in [3.63, 3.8) is 0 Å². The maximum Gasteiger partial charge on any atom is 0.335 e. The van der Waals surface area contributed by atoms with E-state index in [1.807, 2.05) is 0 Å². The first-order chi connectivity index (χ1) is 9.90. The Labute approximate surface area is 121 Å². The summed E-state index contributed by atoms with van der Waals surface area (Å²) < 4.78 is 0. The van der Waals surface area contributed by atoms with E-state index in [1.54, 1.807) is 13.0 Å². The van der Waals surface area contributed by atoms with Crippen molar-refractivity contribution >= 4 is 23.6 Å². The minimum Gasteiger partial charge on any atom is -0.478 e. The molecule has 7 nitrogen and oxygen atoms in total. The van der Waals surface area contributed by atoms with Crippen molar-refractivity contribution in [3.8, 4) is 0 Å². The first-order valence-electron chi connectivity index (χ1n) is 6.61. The molecule has 1 aromatic carbocycles. The van der Waals surface area contributed by atoms with Crippen molar-refractivity contribution in [2.75, 3.05) is 11.9 Å². The van der Waals surface area contributed by atoms with Crippen LogP contribution < -0.4 is 11.1 Å². The highest BCUT2D eigenvalue weighted by Crippen LogP contribution is 2.20. The lowest BCUT2D eigenvalue weighted by molar-refractivity contribution is -0.121. The standard InChI is InChI=1S/C14H17N3O4/c1-8-7-9(4-5-10(8)13(19)20)16-14(21)17-6-2-3-11(17)12(15)18/h4-5,7,11H,2-3,6H2,1H3,(H2,15,18)(H,16,21)(H,19,20). The normalized spacial score (nSPS) is 17.6. The predicted molar refractivity (Wildman–Crippen MR) is 76.1 cm³/mol. The number of amides is 3. The number of likely N-dealkylation sites (tertiary alicyclic amines) is 1. The number of aromatic carboxylic acids is 1. The summed E-state index contributed by atoms with van der Waals surface area (Å²) in [5, 5.41) is 11.6. The Kier molecular flexibility index (Phi) is 4.11. The van der Waals surface area contributed by atoms with Crippen LogP contribution in [0, 0.1) is 6.92 Å². The molecule has 0 saturated carbocycles. The van der Waals surface area contributed by atoms with Crippen molar-refractivity contribution in [2.24, 2.45) is 5.73 Å². The molecule has 1 heterocycles. The van der Waals surface area contributed by atoms with E-state index in [1.165, 1.54) is 17.0 Å². The third-order valence-electron chi connectivity index (χ3n) is 3.55. The number of carboxylic acid groups (broad SMARTS) is 1. The summed E-state index contributed by atoms with van der Waals surface area (Å²) >= 11 is 0. The highest BCUT2D eigenvalue weighted by atomic mass is 16.4. The number of nitrogens with one attached hydrogen (secondary N) is 1. The summed E-state index contributed by atoms with van der Waals surface area (Å²) in [6, 6.07) is 3.55. The highest BCUT2D eigenvalue weighted by molar-refractivity contribution is 5.95. The van der Waals surface area contributed by atoms with Crippen molar-refractivity contribution < 1.29 is 19.5 Å². The molecule has 0 bridgehead atoms. The Hall–Kier alpha value is -2.57. The average Bonchev–Trinajstić information content (AvgIpc) is 2.87. The summed E-state index contributed by atoms with van der Waals surface area (Å²) in [5.74, 6) is -1.53. The molecule has 7 heteroatoms. The van der Waals surface area contributed by atoms with Crippen LogP contribution in [0.3, 0.4) is 0 Å². The first-order valence-corrected chi connectivity index (χ1v) is 6.61. The van der Waals surface area contributed by atoms with Crippen molar-refractivity contribution in [1.82, 2.24) is 4.90 Å². The van der Waals surface area contributed by atoms with Gasteiger partial charge in [0, 0.05) is 12.2 Å². The Morgan fingerprint density at radius 3 is 2.67 bits per heavy atom. The van der Waals surface area contributed by atoms with Gasteiger partial charge in [-0.2, -0.15) is 0 Å². The molecule has 2 rings (SSSR count). The molecule has 1 aliphatic heterocycles. The monoisotopic (exact) mass is 291 g/mol. The van der Waals surface area contributed by atoms with E-state index in [0.29, 0.717) is 24.2 Å². The zero-order valence-electron chi connectivity index (χ0n) is 11.6. The molecule has 0 aromatic heterocycles. The third kappa shape index (κ3) is 3.13. The summed E-state index contributed by atoms with van der Waals surface area (Å²) in [7, 11) is 0. The minimum atomic E-state index is -1.02. The number of carboxylic acids is 1.